The third kappa shape index (κ3) is 3.83. The summed E-state index contributed by atoms with van der Waals surface area (Å²) in [7, 11) is 2.09. The summed E-state index contributed by atoms with van der Waals surface area (Å²) in [4.78, 5) is 25.6. The fourth-order valence-electron chi connectivity index (χ4n) is 2.59. The predicted molar refractivity (Wildman–Crippen MR) is 95.9 cm³/mol. The molecule has 2 heterocycles. The van der Waals surface area contributed by atoms with Gasteiger partial charge in [-0.05, 0) is 43.8 Å². The second-order valence-corrected chi connectivity index (χ2v) is 6.38. The fraction of sp³-hybridized carbons (Fsp3) is 0.353. The average molecular weight is 346 g/mol. The Morgan fingerprint density at radius 2 is 1.96 bits per heavy atom. The summed E-state index contributed by atoms with van der Waals surface area (Å²) in [6.07, 6.45) is 1.63. The standard InChI is InChI=1S/C17H20ClN5O/c1-12-11-13(18)3-4-14(12)20-16(24)15-5-6-19-17(21-15)23-9-7-22(2)8-10-23/h3-6,11H,7-10H2,1-2H3,(H,20,24). The first kappa shape index (κ1) is 16.7. The van der Waals surface area contributed by atoms with Crippen LogP contribution in [0.2, 0.25) is 5.02 Å². The van der Waals surface area contributed by atoms with Crippen molar-refractivity contribution in [1.82, 2.24) is 14.9 Å². The van der Waals surface area contributed by atoms with Gasteiger partial charge in [0, 0.05) is 43.1 Å². The molecule has 6 nitrogen and oxygen atoms in total. The van der Waals surface area contributed by atoms with Crippen LogP contribution < -0.4 is 10.2 Å². The van der Waals surface area contributed by atoms with Crippen molar-refractivity contribution in [1.29, 1.82) is 0 Å². The monoisotopic (exact) mass is 345 g/mol. The number of carbonyl (C=O) groups is 1. The van der Waals surface area contributed by atoms with Crippen LogP contribution >= 0.6 is 11.6 Å². The summed E-state index contributed by atoms with van der Waals surface area (Å²) in [5.74, 6) is 0.349. The molecule has 0 aliphatic carbocycles. The lowest BCUT2D eigenvalue weighted by Crippen LogP contribution is -2.45. The summed E-state index contributed by atoms with van der Waals surface area (Å²) in [6, 6.07) is 6.98. The van der Waals surface area contributed by atoms with Crippen LogP contribution in [0.5, 0.6) is 0 Å². The Morgan fingerprint density at radius 1 is 1.21 bits per heavy atom. The fourth-order valence-corrected chi connectivity index (χ4v) is 2.81. The first-order chi connectivity index (χ1) is 11.5. The molecule has 1 aromatic carbocycles. The second kappa shape index (κ2) is 7.15. The number of hydrogen-bond acceptors (Lipinski definition) is 5. The highest BCUT2D eigenvalue weighted by Crippen LogP contribution is 2.20. The van der Waals surface area contributed by atoms with Gasteiger partial charge in [-0.1, -0.05) is 11.6 Å². The second-order valence-electron chi connectivity index (χ2n) is 5.95. The SMILES string of the molecule is Cc1cc(Cl)ccc1NC(=O)c1ccnc(N2CCN(C)CC2)n1. The maximum atomic E-state index is 12.5. The van der Waals surface area contributed by atoms with E-state index in [4.69, 9.17) is 11.6 Å². The molecule has 1 fully saturated rings. The Bertz CT molecular complexity index is 744. The minimum Gasteiger partial charge on any atom is -0.338 e. The minimum atomic E-state index is -0.252. The van der Waals surface area contributed by atoms with Crippen molar-refractivity contribution in [2.75, 3.05) is 43.4 Å². The topological polar surface area (TPSA) is 61.4 Å². The molecular formula is C17H20ClN5O. The van der Waals surface area contributed by atoms with E-state index in [1.54, 1.807) is 24.4 Å². The average Bonchev–Trinajstić information content (AvgIpc) is 2.58. The molecule has 24 heavy (non-hydrogen) atoms. The van der Waals surface area contributed by atoms with Gasteiger partial charge in [-0.15, -0.1) is 0 Å². The van der Waals surface area contributed by atoms with E-state index in [-0.39, 0.29) is 5.91 Å². The predicted octanol–water partition coefficient (Wildman–Crippen LogP) is 2.44. The van der Waals surface area contributed by atoms with Gasteiger partial charge in [0.1, 0.15) is 5.69 Å². The van der Waals surface area contributed by atoms with Crippen molar-refractivity contribution in [2.24, 2.45) is 0 Å². The first-order valence-electron chi connectivity index (χ1n) is 7.87. The maximum Gasteiger partial charge on any atom is 0.274 e. The van der Waals surface area contributed by atoms with Gasteiger partial charge in [-0.25, -0.2) is 9.97 Å². The molecule has 0 unspecified atom stereocenters. The number of benzene rings is 1. The Hall–Kier alpha value is -2.18. The Balaban J connectivity index is 1.74. The van der Waals surface area contributed by atoms with Crippen LogP contribution in [-0.4, -0.2) is 54.0 Å². The van der Waals surface area contributed by atoms with Gasteiger partial charge in [-0.2, -0.15) is 0 Å². The lowest BCUT2D eigenvalue weighted by Gasteiger charge is -2.32. The van der Waals surface area contributed by atoms with Gasteiger partial charge >= 0.3 is 0 Å². The number of hydrogen-bond donors (Lipinski definition) is 1. The molecule has 1 aromatic heterocycles. The number of rotatable bonds is 3. The number of amides is 1. The van der Waals surface area contributed by atoms with E-state index < -0.39 is 0 Å². The smallest absolute Gasteiger partial charge is 0.274 e. The van der Waals surface area contributed by atoms with E-state index in [0.717, 1.165) is 37.4 Å². The molecule has 1 N–H and O–H groups in total. The Labute approximate surface area is 146 Å². The molecule has 2 aromatic rings. The molecule has 0 saturated carbocycles. The quantitative estimate of drug-likeness (QED) is 0.925. The lowest BCUT2D eigenvalue weighted by molar-refractivity contribution is 0.102. The highest BCUT2D eigenvalue weighted by atomic mass is 35.5. The third-order valence-corrected chi connectivity index (χ3v) is 4.33. The molecule has 1 aliphatic rings. The number of aryl methyl sites for hydroxylation is 1. The van der Waals surface area contributed by atoms with Crippen LogP contribution in [0.3, 0.4) is 0 Å². The highest BCUT2D eigenvalue weighted by molar-refractivity contribution is 6.30. The van der Waals surface area contributed by atoms with Gasteiger partial charge in [-0.3, -0.25) is 4.79 Å². The van der Waals surface area contributed by atoms with Gasteiger partial charge in [0.25, 0.3) is 5.91 Å². The van der Waals surface area contributed by atoms with E-state index >= 15 is 0 Å². The van der Waals surface area contributed by atoms with Crippen molar-refractivity contribution in [3.8, 4) is 0 Å². The number of likely N-dealkylation sites (N-methyl/N-ethyl adjacent to an activating group) is 1. The molecule has 1 saturated heterocycles. The van der Waals surface area contributed by atoms with Gasteiger partial charge in [0.2, 0.25) is 5.95 Å². The van der Waals surface area contributed by atoms with Crippen molar-refractivity contribution in [3.05, 3.63) is 46.7 Å². The number of anilines is 2. The number of nitrogens with zero attached hydrogens (tertiary/aromatic N) is 4. The van der Waals surface area contributed by atoms with E-state index in [9.17, 15) is 4.79 Å². The van der Waals surface area contributed by atoms with E-state index in [1.165, 1.54) is 0 Å². The van der Waals surface area contributed by atoms with Gasteiger partial charge in [0.15, 0.2) is 0 Å². The van der Waals surface area contributed by atoms with E-state index in [0.29, 0.717) is 16.7 Å². The number of aromatic nitrogens is 2. The van der Waals surface area contributed by atoms with Gasteiger partial charge in [0.05, 0.1) is 0 Å². The molecular weight excluding hydrogens is 326 g/mol. The molecule has 3 rings (SSSR count). The molecule has 0 spiro atoms. The number of nitrogens with one attached hydrogen (secondary N) is 1. The van der Waals surface area contributed by atoms with Crippen molar-refractivity contribution >= 4 is 29.1 Å². The zero-order chi connectivity index (χ0) is 17.1. The summed E-state index contributed by atoms with van der Waals surface area (Å²) >= 11 is 5.95. The molecule has 7 heteroatoms. The largest absolute Gasteiger partial charge is 0.338 e. The zero-order valence-electron chi connectivity index (χ0n) is 13.8. The van der Waals surface area contributed by atoms with Crippen LogP contribution in [0.15, 0.2) is 30.5 Å². The molecule has 126 valence electrons. The van der Waals surface area contributed by atoms with Crippen LogP contribution in [0.1, 0.15) is 16.1 Å². The van der Waals surface area contributed by atoms with Gasteiger partial charge < -0.3 is 15.1 Å². The summed E-state index contributed by atoms with van der Waals surface area (Å²) in [5.41, 5.74) is 1.99. The number of carbonyl (C=O) groups excluding carboxylic acids is 1. The number of halogens is 1. The normalized spacial score (nSPS) is 15.4. The van der Waals surface area contributed by atoms with Crippen LogP contribution in [0.4, 0.5) is 11.6 Å². The minimum absolute atomic E-state index is 0.252. The van der Waals surface area contributed by atoms with Crippen molar-refractivity contribution in [3.63, 3.8) is 0 Å². The van der Waals surface area contributed by atoms with Crippen molar-refractivity contribution < 1.29 is 4.79 Å². The molecule has 1 amide bonds. The summed E-state index contributed by atoms with van der Waals surface area (Å²) < 4.78 is 0. The lowest BCUT2D eigenvalue weighted by atomic mass is 10.2. The van der Waals surface area contributed by atoms with Crippen LogP contribution in [0.25, 0.3) is 0 Å². The Kier molecular flexibility index (Phi) is 4.97. The van der Waals surface area contributed by atoms with Crippen LogP contribution in [-0.2, 0) is 0 Å². The molecule has 0 bridgehead atoms. The molecule has 0 atom stereocenters. The number of piperazine rings is 1. The van der Waals surface area contributed by atoms with E-state index in [2.05, 4.69) is 32.1 Å². The van der Waals surface area contributed by atoms with E-state index in [1.807, 2.05) is 13.0 Å². The molecule has 0 radical (unpaired) electrons. The molecule has 1 aliphatic heterocycles. The zero-order valence-corrected chi connectivity index (χ0v) is 14.5. The Morgan fingerprint density at radius 3 is 2.67 bits per heavy atom. The van der Waals surface area contributed by atoms with Crippen molar-refractivity contribution in [2.45, 2.75) is 6.92 Å². The highest BCUT2D eigenvalue weighted by Gasteiger charge is 2.18. The summed E-state index contributed by atoms with van der Waals surface area (Å²) in [5, 5.41) is 3.52. The maximum absolute atomic E-state index is 12.5. The summed E-state index contributed by atoms with van der Waals surface area (Å²) in [6.45, 7) is 5.54. The first-order valence-corrected chi connectivity index (χ1v) is 8.25. The van der Waals surface area contributed by atoms with Crippen LogP contribution in [0, 0.1) is 6.92 Å². The third-order valence-electron chi connectivity index (χ3n) is 4.10.